The summed E-state index contributed by atoms with van der Waals surface area (Å²) in [6.45, 7) is 4.32. The van der Waals surface area contributed by atoms with Gasteiger partial charge in [-0.05, 0) is 73.2 Å². The molecule has 0 heterocycles. The fourth-order valence-electron chi connectivity index (χ4n) is 7.49. The number of aliphatic hydroxyl groups excluding tert-OH is 1. The number of hydrogen-bond donors (Lipinski definition) is 2. The van der Waals surface area contributed by atoms with Crippen LogP contribution in [0.5, 0.6) is 0 Å². The normalized spacial score (nSPS) is 46.1. The van der Waals surface area contributed by atoms with E-state index in [0.29, 0.717) is 24.7 Å². The molecule has 7 atom stereocenters. The van der Waals surface area contributed by atoms with Gasteiger partial charge in [0.15, 0.2) is 5.78 Å². The standard InChI is InChI=1S/C22H30O5/c1-21-8-7-13(23)9-12(21)3-4-14-15-5-6-16(17(24)10-19(26)27)22(15,2)11-18(25)20(14)21/h9,14-16,18,20,25H,3-8,10-11H2,1-2H3,(H,26,27)/t14?,15?,16?,18?,20?,21-,22-/m0/s1. The molecule has 5 nitrogen and oxygen atoms in total. The van der Waals surface area contributed by atoms with Gasteiger partial charge >= 0.3 is 5.97 Å². The number of carbonyl (C=O) groups is 3. The first-order valence-electron chi connectivity index (χ1n) is 10.3. The summed E-state index contributed by atoms with van der Waals surface area (Å²) in [4.78, 5) is 35.6. The third-order valence-electron chi connectivity index (χ3n) is 8.61. The molecule has 4 aliphatic carbocycles. The van der Waals surface area contributed by atoms with Crippen molar-refractivity contribution < 1.29 is 24.6 Å². The first-order chi connectivity index (χ1) is 12.7. The van der Waals surface area contributed by atoms with E-state index in [0.717, 1.165) is 32.1 Å². The second kappa shape index (κ2) is 6.26. The Balaban J connectivity index is 1.65. The smallest absolute Gasteiger partial charge is 0.310 e. The monoisotopic (exact) mass is 374 g/mol. The number of hydrogen-bond acceptors (Lipinski definition) is 4. The van der Waals surface area contributed by atoms with E-state index in [-0.39, 0.29) is 34.2 Å². The average molecular weight is 374 g/mol. The number of carboxylic acid groups (broad SMARTS) is 1. The van der Waals surface area contributed by atoms with Crippen LogP contribution in [0.25, 0.3) is 0 Å². The van der Waals surface area contributed by atoms with Crippen molar-refractivity contribution in [1.82, 2.24) is 0 Å². The molecule has 0 aromatic carbocycles. The number of carbonyl (C=O) groups excluding carboxylic acids is 2. The van der Waals surface area contributed by atoms with Crippen LogP contribution in [-0.2, 0) is 14.4 Å². The van der Waals surface area contributed by atoms with Crippen LogP contribution in [0.3, 0.4) is 0 Å². The Hall–Kier alpha value is -1.49. The predicted molar refractivity (Wildman–Crippen MR) is 98.8 cm³/mol. The van der Waals surface area contributed by atoms with Crippen molar-refractivity contribution in [3.63, 3.8) is 0 Å². The summed E-state index contributed by atoms with van der Waals surface area (Å²) in [7, 11) is 0. The Kier molecular flexibility index (Phi) is 4.37. The van der Waals surface area contributed by atoms with Gasteiger partial charge in [-0.2, -0.15) is 0 Å². The molecule has 4 aliphatic rings. The number of fused-ring (bicyclic) bond motifs is 5. The third kappa shape index (κ3) is 2.72. The van der Waals surface area contributed by atoms with Crippen molar-refractivity contribution in [3.05, 3.63) is 11.6 Å². The van der Waals surface area contributed by atoms with Gasteiger partial charge in [0.05, 0.1) is 6.10 Å². The molecule has 0 aromatic heterocycles. The van der Waals surface area contributed by atoms with Gasteiger partial charge < -0.3 is 10.2 Å². The van der Waals surface area contributed by atoms with Gasteiger partial charge in [-0.15, -0.1) is 0 Å². The zero-order valence-corrected chi connectivity index (χ0v) is 16.2. The van der Waals surface area contributed by atoms with Crippen LogP contribution in [0.4, 0.5) is 0 Å². The Morgan fingerprint density at radius 1 is 1.19 bits per heavy atom. The molecule has 5 unspecified atom stereocenters. The maximum Gasteiger partial charge on any atom is 0.310 e. The van der Waals surface area contributed by atoms with E-state index in [1.54, 1.807) is 0 Å². The zero-order chi connectivity index (χ0) is 19.6. The van der Waals surface area contributed by atoms with Gasteiger partial charge in [0.25, 0.3) is 0 Å². The second-order valence-electron chi connectivity index (χ2n) is 9.83. The minimum atomic E-state index is -1.06. The van der Waals surface area contributed by atoms with E-state index in [9.17, 15) is 19.5 Å². The second-order valence-corrected chi connectivity index (χ2v) is 9.83. The lowest BCUT2D eigenvalue weighted by molar-refractivity contribution is -0.149. The van der Waals surface area contributed by atoms with Crippen molar-refractivity contribution in [2.45, 2.75) is 71.3 Å². The minimum absolute atomic E-state index is 0.124. The molecular weight excluding hydrogens is 344 g/mol. The van der Waals surface area contributed by atoms with Crippen molar-refractivity contribution in [2.75, 3.05) is 0 Å². The molecule has 3 fully saturated rings. The molecule has 148 valence electrons. The molecule has 0 amide bonds. The number of Topliss-reactive ketones (excluding diaryl/α,β-unsaturated/α-hetero) is 1. The fourth-order valence-corrected chi connectivity index (χ4v) is 7.49. The van der Waals surface area contributed by atoms with Gasteiger partial charge in [-0.25, -0.2) is 0 Å². The van der Waals surface area contributed by atoms with Crippen LogP contribution >= 0.6 is 0 Å². The maximum absolute atomic E-state index is 12.6. The lowest BCUT2D eigenvalue weighted by Crippen LogP contribution is -2.57. The van der Waals surface area contributed by atoms with Crippen LogP contribution in [0.15, 0.2) is 11.6 Å². The summed E-state index contributed by atoms with van der Waals surface area (Å²) in [6.07, 6.45) is 6.36. The summed E-state index contributed by atoms with van der Waals surface area (Å²) in [5, 5.41) is 20.3. The van der Waals surface area contributed by atoms with E-state index in [4.69, 9.17) is 5.11 Å². The predicted octanol–water partition coefficient (Wildman–Crippen LogP) is 3.15. The molecule has 0 saturated heterocycles. The molecule has 5 heteroatoms. The quantitative estimate of drug-likeness (QED) is 0.741. The van der Waals surface area contributed by atoms with E-state index < -0.39 is 18.5 Å². The Bertz CT molecular complexity index is 724. The van der Waals surface area contributed by atoms with E-state index in [1.165, 1.54) is 5.57 Å². The molecular formula is C22H30O5. The third-order valence-corrected chi connectivity index (χ3v) is 8.61. The number of ketones is 2. The van der Waals surface area contributed by atoms with Crippen LogP contribution in [-0.4, -0.2) is 33.9 Å². The van der Waals surface area contributed by atoms with Crippen LogP contribution in [0.1, 0.15) is 65.2 Å². The first kappa shape index (κ1) is 18.9. The summed E-state index contributed by atoms with van der Waals surface area (Å²) in [6, 6.07) is 0. The molecule has 0 aromatic rings. The van der Waals surface area contributed by atoms with Crippen molar-refractivity contribution >= 4 is 17.5 Å². The summed E-state index contributed by atoms with van der Waals surface area (Å²) >= 11 is 0. The topological polar surface area (TPSA) is 91.7 Å². The lowest BCUT2D eigenvalue weighted by Gasteiger charge is -2.59. The van der Waals surface area contributed by atoms with E-state index in [2.05, 4.69) is 13.8 Å². The zero-order valence-electron chi connectivity index (χ0n) is 16.2. The van der Waals surface area contributed by atoms with Crippen molar-refractivity contribution in [3.8, 4) is 0 Å². The van der Waals surface area contributed by atoms with Crippen LogP contribution < -0.4 is 0 Å². The Morgan fingerprint density at radius 3 is 2.63 bits per heavy atom. The van der Waals surface area contributed by atoms with E-state index in [1.807, 2.05) is 6.08 Å². The van der Waals surface area contributed by atoms with Gasteiger partial charge in [0.2, 0.25) is 0 Å². The molecule has 27 heavy (non-hydrogen) atoms. The number of allylic oxidation sites excluding steroid dienone is 1. The summed E-state index contributed by atoms with van der Waals surface area (Å²) < 4.78 is 0. The van der Waals surface area contributed by atoms with Gasteiger partial charge in [0.1, 0.15) is 12.2 Å². The Labute approximate surface area is 160 Å². The maximum atomic E-state index is 12.6. The molecule has 4 rings (SSSR count). The molecule has 3 saturated carbocycles. The largest absolute Gasteiger partial charge is 0.481 e. The minimum Gasteiger partial charge on any atom is -0.481 e. The van der Waals surface area contributed by atoms with Gasteiger partial charge in [0, 0.05) is 12.3 Å². The first-order valence-corrected chi connectivity index (χ1v) is 10.3. The SMILES string of the molecule is C[C@]12CC(O)C3C(CCC4=CC(=O)CC[C@@]43C)C1CCC2C(=O)CC(=O)O. The van der Waals surface area contributed by atoms with E-state index >= 15 is 0 Å². The number of rotatable bonds is 3. The highest BCUT2D eigenvalue weighted by molar-refractivity contribution is 5.96. The molecule has 0 bridgehead atoms. The fraction of sp³-hybridized carbons (Fsp3) is 0.773. The molecule has 0 spiro atoms. The van der Waals surface area contributed by atoms with Crippen molar-refractivity contribution in [2.24, 2.45) is 34.5 Å². The summed E-state index contributed by atoms with van der Waals surface area (Å²) in [5.74, 6) is -0.460. The van der Waals surface area contributed by atoms with Crippen molar-refractivity contribution in [1.29, 1.82) is 0 Å². The number of carboxylic acids is 1. The molecule has 0 radical (unpaired) electrons. The molecule has 0 aliphatic heterocycles. The highest BCUT2D eigenvalue weighted by Crippen LogP contribution is 2.66. The average Bonchev–Trinajstić information content (AvgIpc) is 2.91. The number of aliphatic carboxylic acids is 1. The lowest BCUT2D eigenvalue weighted by atomic mass is 9.46. The van der Waals surface area contributed by atoms with Crippen LogP contribution in [0.2, 0.25) is 0 Å². The number of aliphatic hydroxyl groups is 1. The van der Waals surface area contributed by atoms with Gasteiger partial charge in [-0.3, -0.25) is 14.4 Å². The Morgan fingerprint density at radius 2 is 1.93 bits per heavy atom. The molecule has 2 N–H and O–H groups in total. The highest BCUT2D eigenvalue weighted by atomic mass is 16.4. The van der Waals surface area contributed by atoms with Gasteiger partial charge in [-0.1, -0.05) is 19.4 Å². The highest BCUT2D eigenvalue weighted by Gasteiger charge is 2.62. The van der Waals surface area contributed by atoms with Crippen LogP contribution in [0, 0.1) is 34.5 Å². The summed E-state index contributed by atoms with van der Waals surface area (Å²) in [5.41, 5.74) is 0.773.